The third kappa shape index (κ3) is 2.67. The third-order valence-corrected chi connectivity index (χ3v) is 4.29. The molecule has 1 aliphatic carbocycles. The molecule has 0 saturated carbocycles. The van der Waals surface area contributed by atoms with Crippen LogP contribution in [-0.4, -0.2) is 0 Å². The molecule has 2 N–H and O–H groups in total. The summed E-state index contributed by atoms with van der Waals surface area (Å²) < 4.78 is 6.91. The molecule has 3 heteroatoms. The maximum atomic E-state index is 5.91. The largest absolute Gasteiger partial charge is 0.457 e. The van der Waals surface area contributed by atoms with Crippen molar-refractivity contribution in [3.05, 3.63) is 57.6 Å². The van der Waals surface area contributed by atoms with Crippen LogP contribution in [0.3, 0.4) is 0 Å². The molecule has 0 atom stereocenters. The molecule has 2 aromatic carbocycles. The highest BCUT2D eigenvalue weighted by Crippen LogP contribution is 2.30. The number of benzene rings is 2. The van der Waals surface area contributed by atoms with Gasteiger partial charge in [-0.3, -0.25) is 0 Å². The normalized spacial score (nSPS) is 13.4. The van der Waals surface area contributed by atoms with E-state index in [1.807, 2.05) is 18.2 Å². The second kappa shape index (κ2) is 5.35. The summed E-state index contributed by atoms with van der Waals surface area (Å²) in [5.41, 5.74) is 9.62. The fourth-order valence-corrected chi connectivity index (χ4v) is 3.02. The molecule has 0 aromatic heterocycles. The zero-order valence-corrected chi connectivity index (χ0v) is 12.2. The molecule has 1 aliphatic rings. The zero-order chi connectivity index (χ0) is 13.2. The summed E-state index contributed by atoms with van der Waals surface area (Å²) >= 11 is 3.51. The molecule has 0 spiro atoms. The monoisotopic (exact) mass is 317 g/mol. The van der Waals surface area contributed by atoms with E-state index >= 15 is 0 Å². The molecule has 0 bridgehead atoms. The molecule has 19 heavy (non-hydrogen) atoms. The van der Waals surface area contributed by atoms with E-state index < -0.39 is 0 Å². The number of aryl methyl sites for hydroxylation is 2. The Labute approximate surface area is 121 Å². The molecule has 0 radical (unpaired) electrons. The molecular formula is C16H16BrNO. The molecule has 0 saturated heterocycles. The number of rotatable bonds is 3. The maximum Gasteiger partial charge on any atom is 0.128 e. The first kappa shape index (κ1) is 12.7. The van der Waals surface area contributed by atoms with Crippen LogP contribution in [0.5, 0.6) is 11.5 Å². The van der Waals surface area contributed by atoms with Crippen LogP contribution in [0.4, 0.5) is 0 Å². The van der Waals surface area contributed by atoms with Crippen molar-refractivity contribution in [3.8, 4) is 11.5 Å². The lowest BCUT2D eigenvalue weighted by molar-refractivity contribution is 0.481. The standard InChI is InChI=1S/C16H16BrNO/c17-16-9-15(7-5-13(16)10-18)19-14-6-4-11-2-1-3-12(11)8-14/h4-9H,1-3,10,18H2. The molecule has 0 fully saturated rings. The molecule has 98 valence electrons. The van der Waals surface area contributed by atoms with Crippen molar-refractivity contribution in [1.29, 1.82) is 0 Å². The van der Waals surface area contributed by atoms with E-state index in [1.54, 1.807) is 0 Å². The Hall–Kier alpha value is -1.32. The number of hydrogen-bond acceptors (Lipinski definition) is 2. The summed E-state index contributed by atoms with van der Waals surface area (Å²) in [4.78, 5) is 0. The Morgan fingerprint density at radius 1 is 1.00 bits per heavy atom. The van der Waals surface area contributed by atoms with Crippen LogP contribution in [0.15, 0.2) is 40.9 Å². The summed E-state index contributed by atoms with van der Waals surface area (Å²) in [6.07, 6.45) is 3.63. The van der Waals surface area contributed by atoms with Gasteiger partial charge in [-0.2, -0.15) is 0 Å². The van der Waals surface area contributed by atoms with Crippen molar-refractivity contribution >= 4 is 15.9 Å². The van der Waals surface area contributed by atoms with Crippen LogP contribution in [0.2, 0.25) is 0 Å². The van der Waals surface area contributed by atoms with Crippen molar-refractivity contribution in [2.75, 3.05) is 0 Å². The van der Waals surface area contributed by atoms with Gasteiger partial charge in [0, 0.05) is 11.0 Å². The summed E-state index contributed by atoms with van der Waals surface area (Å²) in [6.45, 7) is 0.527. The van der Waals surface area contributed by atoms with Crippen LogP contribution in [0, 0.1) is 0 Å². The van der Waals surface area contributed by atoms with E-state index in [9.17, 15) is 0 Å². The van der Waals surface area contributed by atoms with Gasteiger partial charge >= 0.3 is 0 Å². The molecule has 2 aromatic rings. The van der Waals surface area contributed by atoms with Gasteiger partial charge in [0.05, 0.1) is 0 Å². The topological polar surface area (TPSA) is 35.2 Å². The smallest absolute Gasteiger partial charge is 0.128 e. The highest BCUT2D eigenvalue weighted by Gasteiger charge is 2.11. The molecule has 0 aliphatic heterocycles. The number of fused-ring (bicyclic) bond motifs is 1. The van der Waals surface area contributed by atoms with Gasteiger partial charge in [0.25, 0.3) is 0 Å². The minimum Gasteiger partial charge on any atom is -0.457 e. The number of nitrogens with two attached hydrogens (primary N) is 1. The van der Waals surface area contributed by atoms with Crippen molar-refractivity contribution in [2.24, 2.45) is 5.73 Å². The summed E-state index contributed by atoms with van der Waals surface area (Å²) in [7, 11) is 0. The van der Waals surface area contributed by atoms with Crippen LogP contribution in [-0.2, 0) is 19.4 Å². The van der Waals surface area contributed by atoms with Crippen molar-refractivity contribution < 1.29 is 4.74 Å². The average molecular weight is 318 g/mol. The zero-order valence-electron chi connectivity index (χ0n) is 10.7. The van der Waals surface area contributed by atoms with E-state index in [4.69, 9.17) is 10.5 Å². The van der Waals surface area contributed by atoms with Crippen LogP contribution < -0.4 is 10.5 Å². The molecule has 3 rings (SSSR count). The first-order chi connectivity index (χ1) is 9.26. The Morgan fingerprint density at radius 2 is 1.74 bits per heavy atom. The van der Waals surface area contributed by atoms with Gasteiger partial charge in [-0.05, 0) is 60.2 Å². The number of halogens is 1. The summed E-state index contributed by atoms with van der Waals surface area (Å²) in [6, 6.07) is 12.3. The quantitative estimate of drug-likeness (QED) is 0.921. The third-order valence-electron chi connectivity index (χ3n) is 3.55. The maximum absolute atomic E-state index is 5.91. The molecule has 0 heterocycles. The Kier molecular flexibility index (Phi) is 3.58. The predicted molar refractivity (Wildman–Crippen MR) is 80.6 cm³/mol. The lowest BCUT2D eigenvalue weighted by Crippen LogP contribution is -1.97. The number of ether oxygens (including phenoxy) is 1. The Balaban J connectivity index is 1.83. The van der Waals surface area contributed by atoms with E-state index in [0.717, 1.165) is 21.5 Å². The second-order valence-corrected chi connectivity index (χ2v) is 5.70. The van der Waals surface area contributed by atoms with Crippen molar-refractivity contribution in [3.63, 3.8) is 0 Å². The van der Waals surface area contributed by atoms with Gasteiger partial charge in [0.15, 0.2) is 0 Å². The van der Waals surface area contributed by atoms with Gasteiger partial charge in [0.1, 0.15) is 11.5 Å². The van der Waals surface area contributed by atoms with E-state index in [0.29, 0.717) is 6.54 Å². The molecule has 0 unspecified atom stereocenters. The van der Waals surface area contributed by atoms with E-state index in [2.05, 4.69) is 34.1 Å². The first-order valence-electron chi connectivity index (χ1n) is 6.54. The van der Waals surface area contributed by atoms with Gasteiger partial charge in [-0.25, -0.2) is 0 Å². The van der Waals surface area contributed by atoms with Gasteiger partial charge < -0.3 is 10.5 Å². The number of hydrogen-bond donors (Lipinski definition) is 1. The Morgan fingerprint density at radius 3 is 2.53 bits per heavy atom. The van der Waals surface area contributed by atoms with Gasteiger partial charge in [0.2, 0.25) is 0 Å². The molecular weight excluding hydrogens is 302 g/mol. The minimum absolute atomic E-state index is 0.527. The lowest BCUT2D eigenvalue weighted by Gasteiger charge is -2.09. The van der Waals surface area contributed by atoms with Crippen molar-refractivity contribution in [2.45, 2.75) is 25.8 Å². The van der Waals surface area contributed by atoms with Gasteiger partial charge in [-0.1, -0.05) is 28.1 Å². The van der Waals surface area contributed by atoms with Crippen molar-refractivity contribution in [1.82, 2.24) is 0 Å². The highest BCUT2D eigenvalue weighted by atomic mass is 79.9. The predicted octanol–water partition coefficient (Wildman–Crippen LogP) is 4.19. The highest BCUT2D eigenvalue weighted by molar-refractivity contribution is 9.10. The fraction of sp³-hybridized carbons (Fsp3) is 0.250. The SMILES string of the molecule is NCc1ccc(Oc2ccc3c(c2)CCC3)cc1Br. The minimum atomic E-state index is 0.527. The fourth-order valence-electron chi connectivity index (χ4n) is 2.50. The summed E-state index contributed by atoms with van der Waals surface area (Å²) in [5.74, 6) is 1.75. The summed E-state index contributed by atoms with van der Waals surface area (Å²) in [5, 5.41) is 0. The first-order valence-corrected chi connectivity index (χ1v) is 7.34. The Bertz CT molecular complexity index is 610. The van der Waals surface area contributed by atoms with E-state index in [1.165, 1.54) is 30.4 Å². The second-order valence-electron chi connectivity index (χ2n) is 4.84. The van der Waals surface area contributed by atoms with Gasteiger partial charge in [-0.15, -0.1) is 0 Å². The average Bonchev–Trinajstić information content (AvgIpc) is 2.86. The molecule has 2 nitrogen and oxygen atoms in total. The molecule has 0 amide bonds. The van der Waals surface area contributed by atoms with Crippen LogP contribution in [0.1, 0.15) is 23.1 Å². The van der Waals surface area contributed by atoms with Crippen LogP contribution in [0.25, 0.3) is 0 Å². The van der Waals surface area contributed by atoms with E-state index in [-0.39, 0.29) is 0 Å². The lowest BCUT2D eigenvalue weighted by atomic mass is 10.1. The van der Waals surface area contributed by atoms with Crippen LogP contribution >= 0.6 is 15.9 Å².